The highest BCUT2D eigenvalue weighted by molar-refractivity contribution is 5.78. The summed E-state index contributed by atoms with van der Waals surface area (Å²) in [7, 11) is 0. The van der Waals surface area contributed by atoms with Crippen LogP contribution in [0.5, 0.6) is 0 Å². The molecule has 2 aromatic rings. The van der Waals surface area contributed by atoms with E-state index in [0.717, 1.165) is 29.8 Å². The predicted molar refractivity (Wildman–Crippen MR) is 97.4 cm³/mol. The second kappa shape index (κ2) is 7.80. The van der Waals surface area contributed by atoms with Gasteiger partial charge in [-0.25, -0.2) is 14.6 Å². The maximum absolute atomic E-state index is 12.3. The van der Waals surface area contributed by atoms with Crippen LogP contribution < -0.4 is 5.32 Å². The van der Waals surface area contributed by atoms with Crippen molar-refractivity contribution < 1.29 is 9.59 Å². The van der Waals surface area contributed by atoms with Gasteiger partial charge in [-0.05, 0) is 12.3 Å². The second-order valence-electron chi connectivity index (χ2n) is 7.24. The molecule has 140 valence electrons. The van der Waals surface area contributed by atoms with Crippen LogP contribution in [0.1, 0.15) is 45.2 Å². The molecular formula is C18H26N6O2. The van der Waals surface area contributed by atoms with Crippen molar-refractivity contribution in [2.45, 2.75) is 46.1 Å². The molecule has 2 amide bonds. The number of nitrogens with zero attached hydrogens (tertiary/aromatic N) is 5. The zero-order valence-electron chi connectivity index (χ0n) is 15.6. The van der Waals surface area contributed by atoms with E-state index < -0.39 is 0 Å². The lowest BCUT2D eigenvalue weighted by atomic mass is 10.0. The van der Waals surface area contributed by atoms with E-state index in [1.807, 2.05) is 4.90 Å². The Labute approximate surface area is 153 Å². The molecule has 8 nitrogen and oxygen atoms in total. The molecule has 1 atom stereocenters. The summed E-state index contributed by atoms with van der Waals surface area (Å²) < 4.78 is 1.80. The minimum absolute atomic E-state index is 0.0668. The maximum atomic E-state index is 12.3. The Bertz CT molecular complexity index is 800. The first-order valence-corrected chi connectivity index (χ1v) is 9.15. The number of hydrogen-bond donors (Lipinski definition) is 1. The average molecular weight is 358 g/mol. The molecule has 1 fully saturated rings. The number of hydrogen-bond acceptors (Lipinski definition) is 5. The molecule has 0 bridgehead atoms. The number of aromatic nitrogens is 4. The normalized spacial score (nSPS) is 17.2. The summed E-state index contributed by atoms with van der Waals surface area (Å²) in [5.74, 6) is 0.680. The smallest absolute Gasteiger partial charge is 0.222 e. The Kier molecular flexibility index (Phi) is 5.49. The summed E-state index contributed by atoms with van der Waals surface area (Å²) in [4.78, 5) is 34.2. The highest BCUT2D eigenvalue weighted by Crippen LogP contribution is 2.30. The number of fused-ring (bicyclic) bond motifs is 1. The van der Waals surface area contributed by atoms with E-state index in [1.165, 1.54) is 6.92 Å². The van der Waals surface area contributed by atoms with Crippen molar-refractivity contribution in [1.82, 2.24) is 30.0 Å². The van der Waals surface area contributed by atoms with E-state index in [2.05, 4.69) is 29.1 Å². The van der Waals surface area contributed by atoms with Crippen LogP contribution in [0.25, 0.3) is 11.2 Å². The number of likely N-dealkylation sites (tertiary alicyclic amines) is 1. The molecule has 3 rings (SSSR count). The first-order valence-electron chi connectivity index (χ1n) is 9.15. The third kappa shape index (κ3) is 4.00. The van der Waals surface area contributed by atoms with E-state index in [9.17, 15) is 9.59 Å². The van der Waals surface area contributed by atoms with Gasteiger partial charge in [0.15, 0.2) is 5.65 Å². The highest BCUT2D eigenvalue weighted by atomic mass is 16.2. The molecule has 1 saturated heterocycles. The molecule has 0 radical (unpaired) electrons. The Morgan fingerprint density at radius 2 is 2.08 bits per heavy atom. The van der Waals surface area contributed by atoms with Gasteiger partial charge in [0.1, 0.15) is 5.52 Å². The van der Waals surface area contributed by atoms with E-state index in [4.69, 9.17) is 5.10 Å². The van der Waals surface area contributed by atoms with Crippen LogP contribution in [-0.4, -0.2) is 56.1 Å². The van der Waals surface area contributed by atoms with E-state index in [1.54, 1.807) is 17.1 Å². The highest BCUT2D eigenvalue weighted by Gasteiger charge is 2.31. The molecule has 0 spiro atoms. The van der Waals surface area contributed by atoms with Crippen LogP contribution in [0.3, 0.4) is 0 Å². The zero-order chi connectivity index (χ0) is 18.7. The lowest BCUT2D eigenvalue weighted by Gasteiger charge is -2.17. The Balaban J connectivity index is 1.78. The van der Waals surface area contributed by atoms with Crippen molar-refractivity contribution >= 4 is 23.0 Å². The van der Waals surface area contributed by atoms with Crippen LogP contribution >= 0.6 is 0 Å². The minimum Gasteiger partial charge on any atom is -0.354 e. The zero-order valence-corrected chi connectivity index (χ0v) is 15.6. The lowest BCUT2D eigenvalue weighted by molar-refractivity contribution is -0.131. The standard InChI is InChI=1S/C18H26N6O2/c1-12(2)10-15(26)23-8-4-14(11-23)16-17-18(21-6-5-20-17)24(22-16)9-7-19-13(3)25/h5-6,12,14H,4,7-11H2,1-3H3,(H,19,25)/t14-/m1/s1. The summed E-state index contributed by atoms with van der Waals surface area (Å²) in [6.45, 7) is 8.09. The van der Waals surface area contributed by atoms with Crippen molar-refractivity contribution in [2.24, 2.45) is 5.92 Å². The molecule has 8 heteroatoms. The summed E-state index contributed by atoms with van der Waals surface area (Å²) in [5, 5.41) is 7.50. The number of rotatable bonds is 6. The van der Waals surface area contributed by atoms with Crippen LogP contribution in [0.15, 0.2) is 12.4 Å². The van der Waals surface area contributed by atoms with Gasteiger partial charge in [-0.15, -0.1) is 0 Å². The second-order valence-corrected chi connectivity index (χ2v) is 7.24. The Morgan fingerprint density at radius 3 is 2.81 bits per heavy atom. The average Bonchev–Trinajstić information content (AvgIpc) is 3.19. The Hall–Kier alpha value is -2.51. The SMILES string of the molecule is CC(=O)NCCn1nc([C@@H]2CCN(C(=O)CC(C)C)C2)c2nccnc21. The monoisotopic (exact) mass is 358 g/mol. The fourth-order valence-electron chi connectivity index (χ4n) is 3.38. The molecule has 1 aliphatic rings. The molecule has 0 aromatic carbocycles. The molecular weight excluding hydrogens is 332 g/mol. The molecule has 1 N–H and O–H groups in total. The third-order valence-corrected chi connectivity index (χ3v) is 4.60. The van der Waals surface area contributed by atoms with Gasteiger partial charge in [-0.2, -0.15) is 5.10 Å². The first kappa shape index (κ1) is 18.3. The van der Waals surface area contributed by atoms with Crippen molar-refractivity contribution in [3.8, 4) is 0 Å². The largest absolute Gasteiger partial charge is 0.354 e. The van der Waals surface area contributed by atoms with Crippen LogP contribution in [0.2, 0.25) is 0 Å². The fraction of sp³-hybridized carbons (Fsp3) is 0.611. The summed E-state index contributed by atoms with van der Waals surface area (Å²) in [5.41, 5.74) is 2.41. The van der Waals surface area contributed by atoms with Crippen molar-refractivity contribution in [2.75, 3.05) is 19.6 Å². The van der Waals surface area contributed by atoms with Crippen molar-refractivity contribution in [3.63, 3.8) is 0 Å². The maximum Gasteiger partial charge on any atom is 0.222 e. The topological polar surface area (TPSA) is 93.0 Å². The van der Waals surface area contributed by atoms with Crippen LogP contribution in [0.4, 0.5) is 0 Å². The number of nitrogens with one attached hydrogen (secondary N) is 1. The molecule has 0 aliphatic carbocycles. The molecule has 0 saturated carbocycles. The van der Waals surface area contributed by atoms with Gasteiger partial charge in [0.25, 0.3) is 0 Å². The molecule has 2 aromatic heterocycles. The number of carbonyl (C=O) groups excluding carboxylic acids is 2. The van der Waals surface area contributed by atoms with Crippen LogP contribution in [0, 0.1) is 5.92 Å². The van der Waals surface area contributed by atoms with E-state index in [0.29, 0.717) is 32.0 Å². The van der Waals surface area contributed by atoms with E-state index in [-0.39, 0.29) is 17.7 Å². The van der Waals surface area contributed by atoms with Gasteiger partial charge < -0.3 is 10.2 Å². The quantitative estimate of drug-likeness (QED) is 0.841. The summed E-state index contributed by atoms with van der Waals surface area (Å²) in [6.07, 6.45) is 4.79. The molecule has 1 aliphatic heterocycles. The first-order chi connectivity index (χ1) is 12.5. The minimum atomic E-state index is -0.0668. The van der Waals surface area contributed by atoms with Gasteiger partial charge in [-0.3, -0.25) is 9.59 Å². The number of carbonyl (C=O) groups is 2. The summed E-state index contributed by atoms with van der Waals surface area (Å²) >= 11 is 0. The number of amides is 2. The molecule has 3 heterocycles. The van der Waals surface area contributed by atoms with Crippen molar-refractivity contribution in [1.29, 1.82) is 0 Å². The van der Waals surface area contributed by atoms with Gasteiger partial charge in [-0.1, -0.05) is 13.8 Å². The van der Waals surface area contributed by atoms with Gasteiger partial charge >= 0.3 is 0 Å². The Morgan fingerprint density at radius 1 is 1.31 bits per heavy atom. The van der Waals surface area contributed by atoms with Crippen molar-refractivity contribution in [3.05, 3.63) is 18.1 Å². The van der Waals surface area contributed by atoms with Gasteiger partial charge in [0.05, 0.1) is 12.2 Å². The van der Waals surface area contributed by atoms with E-state index >= 15 is 0 Å². The van der Waals surface area contributed by atoms with Gasteiger partial charge in [0, 0.05) is 51.3 Å². The van der Waals surface area contributed by atoms with Crippen LogP contribution in [-0.2, 0) is 16.1 Å². The third-order valence-electron chi connectivity index (χ3n) is 4.60. The summed E-state index contributed by atoms with van der Waals surface area (Å²) in [6, 6.07) is 0. The lowest BCUT2D eigenvalue weighted by Crippen LogP contribution is -2.29. The molecule has 26 heavy (non-hydrogen) atoms. The predicted octanol–water partition coefficient (Wildman–Crippen LogP) is 1.32. The fourth-order valence-corrected chi connectivity index (χ4v) is 3.38. The van der Waals surface area contributed by atoms with Gasteiger partial charge in [0.2, 0.25) is 11.8 Å². The molecule has 0 unspecified atom stereocenters.